The highest BCUT2D eigenvalue weighted by Crippen LogP contribution is 2.28. The minimum Gasteiger partial charge on any atom is -0.310 e. The molecule has 0 bridgehead atoms. The minimum atomic E-state index is 0.660. The molecule has 0 unspecified atom stereocenters. The Balaban J connectivity index is 2.04. The highest BCUT2D eigenvalue weighted by atomic mass is 35.5. The van der Waals surface area contributed by atoms with Gasteiger partial charge in [0.05, 0.1) is 5.69 Å². The van der Waals surface area contributed by atoms with E-state index < -0.39 is 0 Å². The standard InChI is InChI=1S/C14H17ClN2S/c1-10(2)7-16-8-14-17-13(9-18-14)11-5-3-4-6-12(11)15/h3-6,9-10,16H,7-8H2,1-2H3. The zero-order chi connectivity index (χ0) is 13.0. The second kappa shape index (κ2) is 6.32. The van der Waals surface area contributed by atoms with Gasteiger partial charge in [-0.3, -0.25) is 0 Å². The van der Waals surface area contributed by atoms with Crippen LogP contribution < -0.4 is 5.32 Å². The van der Waals surface area contributed by atoms with E-state index in [0.29, 0.717) is 5.92 Å². The van der Waals surface area contributed by atoms with Crippen LogP contribution in [0.25, 0.3) is 11.3 Å². The predicted molar refractivity (Wildman–Crippen MR) is 79.1 cm³/mol. The lowest BCUT2D eigenvalue weighted by Gasteiger charge is -2.04. The molecular weight excluding hydrogens is 264 g/mol. The molecule has 0 aliphatic rings. The van der Waals surface area contributed by atoms with E-state index in [-0.39, 0.29) is 0 Å². The van der Waals surface area contributed by atoms with Crippen LogP contribution in [0.5, 0.6) is 0 Å². The van der Waals surface area contributed by atoms with Crippen LogP contribution in [0.1, 0.15) is 18.9 Å². The molecule has 4 heteroatoms. The van der Waals surface area contributed by atoms with Crippen LogP contribution in [0.4, 0.5) is 0 Å². The van der Waals surface area contributed by atoms with Gasteiger partial charge >= 0.3 is 0 Å². The Bertz CT molecular complexity index is 508. The molecule has 1 aromatic carbocycles. The Morgan fingerprint density at radius 3 is 2.83 bits per heavy atom. The fourth-order valence-corrected chi connectivity index (χ4v) is 2.65. The monoisotopic (exact) mass is 280 g/mol. The third-order valence-electron chi connectivity index (χ3n) is 2.53. The number of benzene rings is 1. The predicted octanol–water partition coefficient (Wildman–Crippen LogP) is 4.21. The van der Waals surface area contributed by atoms with E-state index in [1.54, 1.807) is 11.3 Å². The highest BCUT2D eigenvalue weighted by Gasteiger charge is 2.07. The summed E-state index contributed by atoms with van der Waals surface area (Å²) in [4.78, 5) is 4.61. The summed E-state index contributed by atoms with van der Waals surface area (Å²) in [5.41, 5.74) is 1.97. The first-order valence-corrected chi connectivity index (χ1v) is 7.32. The first kappa shape index (κ1) is 13.5. The molecule has 0 radical (unpaired) electrons. The van der Waals surface area contributed by atoms with Crippen molar-refractivity contribution in [2.24, 2.45) is 5.92 Å². The van der Waals surface area contributed by atoms with Crippen molar-refractivity contribution in [1.82, 2.24) is 10.3 Å². The number of thiazole rings is 1. The van der Waals surface area contributed by atoms with Crippen LogP contribution in [0.2, 0.25) is 5.02 Å². The third-order valence-corrected chi connectivity index (χ3v) is 3.71. The van der Waals surface area contributed by atoms with Gasteiger partial charge in [0.2, 0.25) is 0 Å². The maximum Gasteiger partial charge on any atom is 0.107 e. The molecule has 1 aromatic heterocycles. The van der Waals surface area contributed by atoms with Crippen LogP contribution in [0.3, 0.4) is 0 Å². The summed E-state index contributed by atoms with van der Waals surface area (Å²) >= 11 is 7.84. The van der Waals surface area contributed by atoms with Crippen LogP contribution >= 0.6 is 22.9 Å². The summed E-state index contributed by atoms with van der Waals surface area (Å²) in [7, 11) is 0. The van der Waals surface area contributed by atoms with Gasteiger partial charge in [0, 0.05) is 22.5 Å². The molecule has 1 heterocycles. The molecule has 0 fully saturated rings. The maximum absolute atomic E-state index is 6.16. The van der Waals surface area contributed by atoms with E-state index >= 15 is 0 Å². The first-order chi connectivity index (χ1) is 8.66. The van der Waals surface area contributed by atoms with Crippen molar-refractivity contribution in [1.29, 1.82) is 0 Å². The summed E-state index contributed by atoms with van der Waals surface area (Å²) in [5.74, 6) is 0.660. The number of aromatic nitrogens is 1. The first-order valence-electron chi connectivity index (χ1n) is 6.07. The molecule has 0 atom stereocenters. The molecule has 0 aliphatic heterocycles. The van der Waals surface area contributed by atoms with E-state index in [0.717, 1.165) is 34.4 Å². The summed E-state index contributed by atoms with van der Waals surface area (Å²) < 4.78 is 0. The number of halogens is 1. The van der Waals surface area contributed by atoms with Crippen LogP contribution in [0, 0.1) is 5.92 Å². The quantitative estimate of drug-likeness (QED) is 0.887. The summed E-state index contributed by atoms with van der Waals surface area (Å²) in [5, 5.41) is 7.32. The zero-order valence-electron chi connectivity index (χ0n) is 10.6. The fourth-order valence-electron chi connectivity index (χ4n) is 1.65. The second-order valence-corrected chi connectivity index (χ2v) is 5.98. The van der Waals surface area contributed by atoms with Gasteiger partial charge in [0.25, 0.3) is 0 Å². The Hall–Kier alpha value is -0.900. The molecule has 0 saturated heterocycles. The van der Waals surface area contributed by atoms with Gasteiger partial charge in [0.15, 0.2) is 0 Å². The molecule has 0 spiro atoms. The topological polar surface area (TPSA) is 24.9 Å². The average Bonchev–Trinajstić information content (AvgIpc) is 2.78. The van der Waals surface area contributed by atoms with Gasteiger partial charge in [-0.05, 0) is 18.5 Å². The Morgan fingerprint density at radius 1 is 1.33 bits per heavy atom. The Kier molecular flexibility index (Phi) is 4.75. The number of nitrogens with one attached hydrogen (secondary N) is 1. The van der Waals surface area contributed by atoms with Crippen molar-refractivity contribution in [3.05, 3.63) is 39.7 Å². The van der Waals surface area contributed by atoms with Crippen LogP contribution in [-0.2, 0) is 6.54 Å². The molecule has 2 nitrogen and oxygen atoms in total. The summed E-state index contributed by atoms with van der Waals surface area (Å²) in [6.45, 7) is 6.24. The Labute approximate surface area is 117 Å². The summed E-state index contributed by atoms with van der Waals surface area (Å²) in [6, 6.07) is 7.82. The normalized spacial score (nSPS) is 11.1. The third kappa shape index (κ3) is 3.55. The molecule has 0 amide bonds. The van der Waals surface area contributed by atoms with Crippen molar-refractivity contribution in [3.8, 4) is 11.3 Å². The fraction of sp³-hybridized carbons (Fsp3) is 0.357. The molecule has 2 rings (SSSR count). The van der Waals surface area contributed by atoms with E-state index in [1.807, 2.05) is 24.3 Å². The van der Waals surface area contributed by atoms with Gasteiger partial charge in [-0.1, -0.05) is 43.6 Å². The van der Waals surface area contributed by atoms with Gasteiger partial charge in [-0.2, -0.15) is 0 Å². The van der Waals surface area contributed by atoms with Crippen molar-refractivity contribution < 1.29 is 0 Å². The van der Waals surface area contributed by atoms with Crippen LogP contribution in [-0.4, -0.2) is 11.5 Å². The lowest BCUT2D eigenvalue weighted by molar-refractivity contribution is 0.551. The molecule has 18 heavy (non-hydrogen) atoms. The smallest absolute Gasteiger partial charge is 0.107 e. The Morgan fingerprint density at radius 2 is 2.11 bits per heavy atom. The molecular formula is C14H17ClN2S. The van der Waals surface area contributed by atoms with Crippen LogP contribution in [0.15, 0.2) is 29.6 Å². The molecule has 2 aromatic rings. The number of rotatable bonds is 5. The van der Waals surface area contributed by atoms with E-state index in [2.05, 4.69) is 29.5 Å². The largest absolute Gasteiger partial charge is 0.310 e. The summed E-state index contributed by atoms with van der Waals surface area (Å²) in [6.07, 6.45) is 0. The zero-order valence-corrected chi connectivity index (χ0v) is 12.2. The van der Waals surface area contributed by atoms with Gasteiger partial charge in [-0.25, -0.2) is 4.98 Å². The highest BCUT2D eigenvalue weighted by molar-refractivity contribution is 7.09. The maximum atomic E-state index is 6.16. The number of hydrogen-bond donors (Lipinski definition) is 1. The van der Waals surface area contributed by atoms with Crippen molar-refractivity contribution in [2.75, 3.05) is 6.54 Å². The van der Waals surface area contributed by atoms with Gasteiger partial charge < -0.3 is 5.32 Å². The SMILES string of the molecule is CC(C)CNCc1nc(-c2ccccc2Cl)cs1. The van der Waals surface area contributed by atoms with Crippen molar-refractivity contribution in [3.63, 3.8) is 0 Å². The number of hydrogen-bond acceptors (Lipinski definition) is 3. The average molecular weight is 281 g/mol. The molecule has 1 N–H and O–H groups in total. The second-order valence-electron chi connectivity index (χ2n) is 4.63. The van der Waals surface area contributed by atoms with Crippen molar-refractivity contribution in [2.45, 2.75) is 20.4 Å². The van der Waals surface area contributed by atoms with E-state index in [1.165, 1.54) is 0 Å². The molecule has 0 aliphatic carbocycles. The number of nitrogens with zero attached hydrogens (tertiary/aromatic N) is 1. The lowest BCUT2D eigenvalue weighted by Crippen LogP contribution is -2.18. The van der Waals surface area contributed by atoms with Gasteiger partial charge in [0.1, 0.15) is 5.01 Å². The van der Waals surface area contributed by atoms with E-state index in [4.69, 9.17) is 11.6 Å². The lowest BCUT2D eigenvalue weighted by atomic mass is 10.2. The molecule has 0 saturated carbocycles. The molecule has 96 valence electrons. The van der Waals surface area contributed by atoms with E-state index in [9.17, 15) is 0 Å². The minimum absolute atomic E-state index is 0.660. The van der Waals surface area contributed by atoms with Crippen molar-refractivity contribution >= 4 is 22.9 Å². The van der Waals surface area contributed by atoms with Gasteiger partial charge in [-0.15, -0.1) is 11.3 Å².